The summed E-state index contributed by atoms with van der Waals surface area (Å²) in [6.07, 6.45) is 0. The summed E-state index contributed by atoms with van der Waals surface area (Å²) < 4.78 is 1.65. The molecule has 7 heteroatoms. The molecule has 0 saturated carbocycles. The van der Waals surface area contributed by atoms with Crippen molar-refractivity contribution in [2.45, 2.75) is 10.9 Å². The van der Waals surface area contributed by atoms with Gasteiger partial charge in [0.2, 0.25) is 5.16 Å². The molecule has 22 heavy (non-hydrogen) atoms. The Morgan fingerprint density at radius 3 is 2.68 bits per heavy atom. The summed E-state index contributed by atoms with van der Waals surface area (Å²) >= 11 is 7.37. The van der Waals surface area contributed by atoms with Crippen LogP contribution in [0, 0.1) is 11.3 Å². The van der Waals surface area contributed by atoms with E-state index in [1.54, 1.807) is 22.9 Å². The standard InChI is InChI=1S/C15H10ClN5S/c16-13-5-7-14(8-6-13)21-15(18-19-20-21)22-10-12-4-2-1-3-11(12)9-17/h1-8H,10H2. The molecule has 0 radical (unpaired) electrons. The van der Waals surface area contributed by atoms with Gasteiger partial charge >= 0.3 is 0 Å². The van der Waals surface area contributed by atoms with Crippen molar-refractivity contribution in [2.75, 3.05) is 0 Å². The van der Waals surface area contributed by atoms with Gasteiger partial charge in [0.15, 0.2) is 0 Å². The number of rotatable bonds is 4. The second-order valence-electron chi connectivity index (χ2n) is 4.41. The first-order chi connectivity index (χ1) is 10.8. The highest BCUT2D eigenvalue weighted by Crippen LogP contribution is 2.24. The molecule has 0 atom stereocenters. The monoisotopic (exact) mass is 327 g/mol. The molecule has 0 N–H and O–H groups in total. The van der Waals surface area contributed by atoms with Gasteiger partial charge in [-0.15, -0.1) is 5.10 Å². The van der Waals surface area contributed by atoms with Crippen LogP contribution in [0.3, 0.4) is 0 Å². The summed E-state index contributed by atoms with van der Waals surface area (Å²) in [6.45, 7) is 0. The molecule has 0 aliphatic rings. The SMILES string of the molecule is N#Cc1ccccc1CSc1nnnn1-c1ccc(Cl)cc1. The van der Waals surface area contributed by atoms with E-state index in [2.05, 4.69) is 21.6 Å². The van der Waals surface area contributed by atoms with Crippen molar-refractivity contribution in [3.63, 3.8) is 0 Å². The van der Waals surface area contributed by atoms with E-state index in [0.717, 1.165) is 11.3 Å². The smallest absolute Gasteiger partial charge is 0.192 e. The number of hydrogen-bond acceptors (Lipinski definition) is 5. The molecule has 0 spiro atoms. The minimum Gasteiger partial charge on any atom is -0.192 e. The normalized spacial score (nSPS) is 10.4. The quantitative estimate of drug-likeness (QED) is 0.686. The highest BCUT2D eigenvalue weighted by atomic mass is 35.5. The molecule has 108 valence electrons. The predicted octanol–water partition coefficient (Wildman–Crippen LogP) is 3.48. The van der Waals surface area contributed by atoms with Gasteiger partial charge in [-0.3, -0.25) is 0 Å². The minimum absolute atomic E-state index is 0.623. The Labute approximate surface area is 136 Å². The van der Waals surface area contributed by atoms with Crippen LogP contribution in [-0.4, -0.2) is 20.2 Å². The van der Waals surface area contributed by atoms with E-state index in [1.807, 2.05) is 30.3 Å². The van der Waals surface area contributed by atoms with Crippen LogP contribution in [0.4, 0.5) is 0 Å². The van der Waals surface area contributed by atoms with Gasteiger partial charge in [0.1, 0.15) is 0 Å². The molecule has 5 nitrogen and oxygen atoms in total. The zero-order valence-corrected chi connectivity index (χ0v) is 12.9. The van der Waals surface area contributed by atoms with Crippen LogP contribution >= 0.6 is 23.4 Å². The number of aromatic nitrogens is 4. The molecule has 0 aliphatic heterocycles. The Bertz CT molecular complexity index is 822. The molecule has 0 saturated heterocycles. The van der Waals surface area contributed by atoms with Crippen molar-refractivity contribution in [3.8, 4) is 11.8 Å². The second kappa shape index (κ2) is 6.60. The summed E-state index contributed by atoms with van der Waals surface area (Å²) in [4.78, 5) is 0. The summed E-state index contributed by atoms with van der Waals surface area (Å²) in [5.74, 6) is 0.623. The van der Waals surface area contributed by atoms with E-state index >= 15 is 0 Å². The average Bonchev–Trinajstić information content (AvgIpc) is 3.02. The van der Waals surface area contributed by atoms with Crippen molar-refractivity contribution in [3.05, 3.63) is 64.7 Å². The minimum atomic E-state index is 0.623. The number of thioether (sulfide) groups is 1. The van der Waals surface area contributed by atoms with Gasteiger partial charge < -0.3 is 0 Å². The highest BCUT2D eigenvalue weighted by Gasteiger charge is 2.10. The molecule has 3 aromatic rings. The zero-order valence-electron chi connectivity index (χ0n) is 11.3. The maximum absolute atomic E-state index is 9.12. The van der Waals surface area contributed by atoms with Gasteiger partial charge in [-0.1, -0.05) is 41.6 Å². The predicted molar refractivity (Wildman–Crippen MR) is 84.9 cm³/mol. The molecular formula is C15H10ClN5S. The fraction of sp³-hybridized carbons (Fsp3) is 0.0667. The van der Waals surface area contributed by atoms with Crippen molar-refractivity contribution in [1.29, 1.82) is 5.26 Å². The van der Waals surface area contributed by atoms with Crippen molar-refractivity contribution in [1.82, 2.24) is 20.2 Å². The van der Waals surface area contributed by atoms with Crippen LogP contribution < -0.4 is 0 Å². The Morgan fingerprint density at radius 1 is 1.14 bits per heavy atom. The Kier molecular flexibility index (Phi) is 4.37. The lowest BCUT2D eigenvalue weighted by Gasteiger charge is -2.05. The van der Waals surface area contributed by atoms with Crippen molar-refractivity contribution < 1.29 is 0 Å². The Balaban J connectivity index is 1.81. The first kappa shape index (κ1) is 14.6. The van der Waals surface area contributed by atoms with Crippen molar-refractivity contribution in [2.24, 2.45) is 0 Å². The molecule has 1 aromatic heterocycles. The third kappa shape index (κ3) is 3.11. The Morgan fingerprint density at radius 2 is 1.91 bits per heavy atom. The van der Waals surface area contributed by atoms with E-state index in [1.165, 1.54) is 11.8 Å². The van der Waals surface area contributed by atoms with Crippen LogP contribution in [-0.2, 0) is 5.75 Å². The summed E-state index contributed by atoms with van der Waals surface area (Å²) in [5, 5.41) is 22.2. The van der Waals surface area contributed by atoms with Crippen LogP contribution in [0.25, 0.3) is 5.69 Å². The molecular weight excluding hydrogens is 318 g/mol. The number of nitriles is 1. The number of halogens is 1. The fourth-order valence-corrected chi connectivity index (χ4v) is 2.93. The summed E-state index contributed by atoms with van der Waals surface area (Å²) in [5.41, 5.74) is 2.46. The highest BCUT2D eigenvalue weighted by molar-refractivity contribution is 7.98. The lowest BCUT2D eigenvalue weighted by Crippen LogP contribution is -1.99. The molecule has 3 rings (SSSR count). The van der Waals surface area contributed by atoms with Crippen molar-refractivity contribution >= 4 is 23.4 Å². The van der Waals surface area contributed by atoms with E-state index in [-0.39, 0.29) is 0 Å². The van der Waals surface area contributed by atoms with Gasteiger partial charge in [-0.05, 0) is 46.3 Å². The lowest BCUT2D eigenvalue weighted by molar-refractivity contribution is 0.756. The van der Waals surface area contributed by atoms with E-state index in [9.17, 15) is 0 Å². The van der Waals surface area contributed by atoms with Crippen LogP contribution in [0.5, 0.6) is 0 Å². The maximum atomic E-state index is 9.12. The summed E-state index contributed by atoms with van der Waals surface area (Å²) in [7, 11) is 0. The number of tetrazole rings is 1. The van der Waals surface area contributed by atoms with Gasteiger partial charge in [-0.25, -0.2) is 0 Å². The lowest BCUT2D eigenvalue weighted by atomic mass is 10.1. The van der Waals surface area contributed by atoms with Crippen LogP contribution in [0.15, 0.2) is 53.7 Å². The van der Waals surface area contributed by atoms with Crippen LogP contribution in [0.1, 0.15) is 11.1 Å². The molecule has 2 aromatic carbocycles. The molecule has 0 bridgehead atoms. The number of benzene rings is 2. The van der Waals surface area contributed by atoms with E-state index in [4.69, 9.17) is 16.9 Å². The molecule has 0 aliphatic carbocycles. The fourth-order valence-electron chi connectivity index (χ4n) is 1.91. The topological polar surface area (TPSA) is 67.4 Å². The van der Waals surface area contributed by atoms with Gasteiger partial charge in [0.25, 0.3) is 0 Å². The third-order valence-electron chi connectivity index (χ3n) is 3.01. The van der Waals surface area contributed by atoms with Gasteiger partial charge in [0, 0.05) is 10.8 Å². The molecule has 0 unspecified atom stereocenters. The average molecular weight is 328 g/mol. The van der Waals surface area contributed by atoms with Gasteiger partial charge in [0.05, 0.1) is 17.3 Å². The largest absolute Gasteiger partial charge is 0.214 e. The van der Waals surface area contributed by atoms with Crippen LogP contribution in [0.2, 0.25) is 5.02 Å². The number of hydrogen-bond donors (Lipinski definition) is 0. The van der Waals surface area contributed by atoms with E-state index < -0.39 is 0 Å². The first-order valence-corrected chi connectivity index (χ1v) is 7.79. The first-order valence-electron chi connectivity index (χ1n) is 6.43. The maximum Gasteiger partial charge on any atom is 0.214 e. The molecule has 0 amide bonds. The molecule has 0 fully saturated rings. The van der Waals surface area contributed by atoms with E-state index in [0.29, 0.717) is 21.5 Å². The Hall–Kier alpha value is -2.36. The zero-order chi connectivity index (χ0) is 15.4. The van der Waals surface area contributed by atoms with Gasteiger partial charge in [-0.2, -0.15) is 9.94 Å². The molecule has 1 heterocycles. The third-order valence-corrected chi connectivity index (χ3v) is 4.23. The number of nitrogens with zero attached hydrogens (tertiary/aromatic N) is 5. The second-order valence-corrected chi connectivity index (χ2v) is 5.79. The summed E-state index contributed by atoms with van der Waals surface area (Å²) in [6, 6.07) is 17.0.